The molecule has 1 amide bonds. The molecule has 1 saturated heterocycles. The van der Waals surface area contributed by atoms with Crippen LogP contribution in [0.2, 0.25) is 0 Å². The van der Waals surface area contributed by atoms with Crippen LogP contribution in [-0.4, -0.2) is 37.5 Å². The molecule has 0 N–H and O–H groups in total. The molecule has 4 rings (SSSR count). The van der Waals surface area contributed by atoms with Crippen molar-refractivity contribution in [3.63, 3.8) is 0 Å². The Balaban J connectivity index is 1.74. The molecule has 3 aromatic heterocycles. The minimum Gasteiger partial charge on any atom is -0.361 e. The Hall–Kier alpha value is -2.61. The van der Waals surface area contributed by atoms with Gasteiger partial charge in [0.2, 0.25) is 0 Å². The Morgan fingerprint density at radius 1 is 1.26 bits per heavy atom. The molecule has 0 aliphatic carbocycles. The van der Waals surface area contributed by atoms with E-state index in [1.165, 1.54) is 11.3 Å². The predicted octanol–water partition coefficient (Wildman–Crippen LogP) is 3.88. The summed E-state index contributed by atoms with van der Waals surface area (Å²) >= 11 is 1.43. The van der Waals surface area contributed by atoms with E-state index in [0.717, 1.165) is 41.9 Å². The minimum absolute atomic E-state index is 0.0314. The van der Waals surface area contributed by atoms with Gasteiger partial charge in [-0.15, -0.1) is 11.3 Å². The fourth-order valence-electron chi connectivity index (χ4n) is 3.63. The van der Waals surface area contributed by atoms with Crippen LogP contribution in [-0.2, 0) is 0 Å². The molecular formula is C19H21N5O2S. The van der Waals surface area contributed by atoms with Crippen molar-refractivity contribution >= 4 is 17.2 Å². The number of carbonyl (C=O) groups excluding carboxylic acids is 1. The van der Waals surface area contributed by atoms with Crippen LogP contribution in [0.1, 0.15) is 58.6 Å². The van der Waals surface area contributed by atoms with Gasteiger partial charge in [-0.2, -0.15) is 0 Å². The number of piperidine rings is 1. The number of likely N-dealkylation sites (tertiary alicyclic amines) is 1. The Bertz CT molecular complexity index is 947. The zero-order valence-corrected chi connectivity index (χ0v) is 16.4. The SMILES string of the molecule is Cc1cc(C2CCCCN2C(=O)c2cscn2)nc(-c2c(C)noc2C)n1. The predicted molar refractivity (Wildman–Crippen MR) is 101 cm³/mol. The molecule has 1 aliphatic rings. The third-order valence-electron chi connectivity index (χ3n) is 4.89. The first-order chi connectivity index (χ1) is 13.0. The first kappa shape index (κ1) is 17.8. The molecule has 7 nitrogen and oxygen atoms in total. The molecule has 140 valence electrons. The molecule has 1 fully saturated rings. The van der Waals surface area contributed by atoms with Crippen molar-refractivity contribution in [3.8, 4) is 11.4 Å². The van der Waals surface area contributed by atoms with E-state index in [1.807, 2.05) is 31.7 Å². The molecule has 3 aromatic rings. The normalized spacial score (nSPS) is 17.3. The Morgan fingerprint density at radius 3 is 2.81 bits per heavy atom. The van der Waals surface area contributed by atoms with E-state index in [0.29, 0.717) is 23.8 Å². The first-order valence-corrected chi connectivity index (χ1v) is 9.97. The van der Waals surface area contributed by atoms with E-state index in [4.69, 9.17) is 9.51 Å². The lowest BCUT2D eigenvalue weighted by Crippen LogP contribution is -2.39. The standard InChI is InChI=1S/C19H21N5O2S/c1-11-8-14(22-18(21-11)17-12(2)23-26-13(17)3)16-6-4-5-7-24(16)19(25)15-9-27-10-20-15/h8-10,16H,4-7H2,1-3H3. The van der Waals surface area contributed by atoms with Gasteiger partial charge < -0.3 is 9.42 Å². The zero-order chi connectivity index (χ0) is 19.0. The number of rotatable bonds is 3. The molecular weight excluding hydrogens is 362 g/mol. The zero-order valence-electron chi connectivity index (χ0n) is 15.6. The number of amides is 1. The van der Waals surface area contributed by atoms with Crippen molar-refractivity contribution < 1.29 is 9.32 Å². The molecule has 0 saturated carbocycles. The molecule has 1 unspecified atom stereocenters. The lowest BCUT2D eigenvalue weighted by molar-refractivity contribution is 0.0600. The summed E-state index contributed by atoms with van der Waals surface area (Å²) in [6.07, 6.45) is 2.94. The lowest BCUT2D eigenvalue weighted by atomic mass is 9.98. The van der Waals surface area contributed by atoms with Gasteiger partial charge in [0.25, 0.3) is 5.91 Å². The van der Waals surface area contributed by atoms with Crippen LogP contribution in [0.3, 0.4) is 0 Å². The molecule has 8 heteroatoms. The summed E-state index contributed by atoms with van der Waals surface area (Å²) in [5.74, 6) is 1.27. The van der Waals surface area contributed by atoms with Crippen LogP contribution in [0.25, 0.3) is 11.4 Å². The monoisotopic (exact) mass is 383 g/mol. The fraction of sp³-hybridized carbons (Fsp3) is 0.421. The maximum atomic E-state index is 13.0. The summed E-state index contributed by atoms with van der Waals surface area (Å²) in [5, 5.41) is 5.81. The van der Waals surface area contributed by atoms with Gasteiger partial charge in [-0.1, -0.05) is 5.16 Å². The van der Waals surface area contributed by atoms with Crippen molar-refractivity contribution in [2.45, 2.75) is 46.1 Å². The van der Waals surface area contributed by atoms with Crippen molar-refractivity contribution in [3.05, 3.63) is 45.5 Å². The van der Waals surface area contributed by atoms with Gasteiger partial charge in [0.1, 0.15) is 11.5 Å². The lowest BCUT2D eigenvalue weighted by Gasteiger charge is -2.35. The van der Waals surface area contributed by atoms with E-state index >= 15 is 0 Å². The van der Waals surface area contributed by atoms with E-state index in [2.05, 4.69) is 15.1 Å². The molecule has 0 bridgehead atoms. The first-order valence-electron chi connectivity index (χ1n) is 9.02. The largest absolute Gasteiger partial charge is 0.361 e. The highest BCUT2D eigenvalue weighted by atomic mass is 32.1. The van der Waals surface area contributed by atoms with E-state index in [-0.39, 0.29) is 11.9 Å². The fourth-order valence-corrected chi connectivity index (χ4v) is 4.15. The molecule has 0 radical (unpaired) electrons. The second kappa shape index (κ2) is 7.19. The van der Waals surface area contributed by atoms with Crippen LogP contribution in [0.5, 0.6) is 0 Å². The quantitative estimate of drug-likeness (QED) is 0.682. The topological polar surface area (TPSA) is 85.0 Å². The van der Waals surface area contributed by atoms with E-state index in [9.17, 15) is 4.79 Å². The Labute approximate surface area is 161 Å². The summed E-state index contributed by atoms with van der Waals surface area (Å²) in [6, 6.07) is 1.90. The van der Waals surface area contributed by atoms with Gasteiger partial charge in [-0.05, 0) is 46.1 Å². The summed E-state index contributed by atoms with van der Waals surface area (Å²) in [4.78, 5) is 28.4. The summed E-state index contributed by atoms with van der Waals surface area (Å²) < 4.78 is 5.28. The number of carbonyl (C=O) groups is 1. The second-order valence-corrected chi connectivity index (χ2v) is 7.56. The van der Waals surface area contributed by atoms with Crippen LogP contribution < -0.4 is 0 Å². The average molecular weight is 383 g/mol. The van der Waals surface area contributed by atoms with Crippen LogP contribution in [0.4, 0.5) is 0 Å². The summed E-state index contributed by atoms with van der Waals surface area (Å²) in [5.41, 5.74) is 5.51. The van der Waals surface area contributed by atoms with E-state index < -0.39 is 0 Å². The van der Waals surface area contributed by atoms with Crippen molar-refractivity contribution in [1.82, 2.24) is 25.0 Å². The highest BCUT2D eigenvalue weighted by molar-refractivity contribution is 7.07. The molecule has 1 aliphatic heterocycles. The molecule has 27 heavy (non-hydrogen) atoms. The maximum Gasteiger partial charge on any atom is 0.273 e. The Kier molecular flexibility index (Phi) is 4.73. The Morgan fingerprint density at radius 2 is 2.11 bits per heavy atom. The highest BCUT2D eigenvalue weighted by Gasteiger charge is 2.31. The molecule has 4 heterocycles. The van der Waals surface area contributed by atoms with Gasteiger partial charge in [-0.25, -0.2) is 15.0 Å². The molecule has 1 atom stereocenters. The maximum absolute atomic E-state index is 13.0. The third kappa shape index (κ3) is 3.37. The smallest absolute Gasteiger partial charge is 0.273 e. The minimum atomic E-state index is -0.0751. The van der Waals surface area contributed by atoms with Crippen LogP contribution in [0, 0.1) is 20.8 Å². The van der Waals surface area contributed by atoms with E-state index in [1.54, 1.807) is 10.9 Å². The van der Waals surface area contributed by atoms with Crippen molar-refractivity contribution in [2.24, 2.45) is 0 Å². The van der Waals surface area contributed by atoms with Gasteiger partial charge in [-0.3, -0.25) is 4.79 Å². The highest BCUT2D eigenvalue weighted by Crippen LogP contribution is 2.33. The second-order valence-electron chi connectivity index (χ2n) is 6.84. The van der Waals surface area contributed by atoms with Crippen molar-refractivity contribution in [2.75, 3.05) is 6.54 Å². The average Bonchev–Trinajstić information content (AvgIpc) is 3.31. The van der Waals surface area contributed by atoms with Gasteiger partial charge >= 0.3 is 0 Å². The molecule has 0 aromatic carbocycles. The van der Waals surface area contributed by atoms with Crippen molar-refractivity contribution in [1.29, 1.82) is 0 Å². The number of hydrogen-bond acceptors (Lipinski definition) is 7. The van der Waals surface area contributed by atoms with Crippen LogP contribution >= 0.6 is 11.3 Å². The van der Waals surface area contributed by atoms with Gasteiger partial charge in [0.05, 0.1) is 28.5 Å². The summed E-state index contributed by atoms with van der Waals surface area (Å²) in [7, 11) is 0. The van der Waals surface area contributed by atoms with Crippen LogP contribution in [0.15, 0.2) is 21.5 Å². The summed E-state index contributed by atoms with van der Waals surface area (Å²) in [6.45, 7) is 6.41. The molecule has 0 spiro atoms. The number of aryl methyl sites for hydroxylation is 3. The third-order valence-corrected chi connectivity index (χ3v) is 5.47. The van der Waals surface area contributed by atoms with Gasteiger partial charge in [0.15, 0.2) is 5.82 Å². The number of thiazole rings is 1. The van der Waals surface area contributed by atoms with Gasteiger partial charge in [0, 0.05) is 17.6 Å². The number of nitrogens with zero attached hydrogens (tertiary/aromatic N) is 5. The number of aromatic nitrogens is 4. The number of hydrogen-bond donors (Lipinski definition) is 0.